The average molecular weight is 1180 g/mol. The van der Waals surface area contributed by atoms with Gasteiger partial charge in [0, 0.05) is 66.8 Å². The van der Waals surface area contributed by atoms with Crippen molar-refractivity contribution < 1.29 is 0 Å². The Bertz CT molecular complexity index is 5370. The van der Waals surface area contributed by atoms with Crippen LogP contribution in [0.4, 0.5) is 34.1 Å². The van der Waals surface area contributed by atoms with Crippen LogP contribution in [0.5, 0.6) is 0 Å². The molecule has 2 aromatic heterocycles. The van der Waals surface area contributed by atoms with Crippen LogP contribution in [0.3, 0.4) is 0 Å². The van der Waals surface area contributed by atoms with Crippen molar-refractivity contribution in [2.24, 2.45) is 0 Å². The van der Waals surface area contributed by atoms with E-state index in [1.807, 2.05) is 36.4 Å². The van der Waals surface area contributed by atoms with Crippen LogP contribution in [0.25, 0.3) is 111 Å². The fraction of sp³-hybridized carbons (Fsp3) is 0. The highest BCUT2D eigenvalue weighted by Gasteiger charge is 2.45. The number of anilines is 6. The van der Waals surface area contributed by atoms with Gasteiger partial charge in [0.15, 0.2) is 0 Å². The molecule has 0 unspecified atom stereocenters. The van der Waals surface area contributed by atoms with Gasteiger partial charge in [0.1, 0.15) is 0 Å². The van der Waals surface area contributed by atoms with Crippen LogP contribution in [0.15, 0.2) is 322 Å². The first kappa shape index (κ1) is 53.4. The van der Waals surface area contributed by atoms with Gasteiger partial charge in [-0.25, -0.2) is 0 Å². The molecule has 4 heterocycles. The summed E-state index contributed by atoms with van der Waals surface area (Å²) in [6, 6.07) is 121. The summed E-state index contributed by atoms with van der Waals surface area (Å²) < 4.78 is 4.87. The minimum atomic E-state index is -0.263. The Balaban J connectivity index is 0.987. The molecule has 0 aliphatic carbocycles. The van der Waals surface area contributed by atoms with Gasteiger partial charge in [-0.3, -0.25) is 0 Å². The lowest BCUT2D eigenvalue weighted by molar-refractivity contribution is 1.17. The van der Waals surface area contributed by atoms with E-state index >= 15 is 0 Å². The fourth-order valence-electron chi connectivity index (χ4n) is 15.1. The molecular formula is C86H53BN6. The minimum absolute atomic E-state index is 0.263. The molecule has 93 heavy (non-hydrogen) atoms. The first-order valence-corrected chi connectivity index (χ1v) is 31.5. The highest BCUT2D eigenvalue weighted by atomic mass is 15.2. The third-order valence-electron chi connectivity index (χ3n) is 19.2. The lowest BCUT2D eigenvalue weighted by atomic mass is 9.33. The van der Waals surface area contributed by atoms with E-state index in [1.54, 1.807) is 0 Å². The Morgan fingerprint density at radius 2 is 0.602 bits per heavy atom. The Morgan fingerprint density at radius 1 is 0.247 bits per heavy atom. The lowest BCUT2D eigenvalue weighted by Crippen LogP contribution is -2.61. The molecule has 430 valence electrons. The number of nitrogens with zero attached hydrogens (tertiary/aromatic N) is 6. The zero-order chi connectivity index (χ0) is 61.7. The number of nitriles is 2. The molecule has 6 nitrogen and oxygen atoms in total. The van der Waals surface area contributed by atoms with Gasteiger partial charge in [0.05, 0.1) is 56.7 Å². The Morgan fingerprint density at radius 3 is 1.00 bits per heavy atom. The molecule has 2 aliphatic heterocycles. The fourth-order valence-corrected chi connectivity index (χ4v) is 15.1. The highest BCUT2D eigenvalue weighted by Crippen LogP contribution is 2.52. The van der Waals surface area contributed by atoms with Crippen molar-refractivity contribution in [2.45, 2.75) is 0 Å². The number of aromatic nitrogens is 2. The number of hydrogen-bond acceptors (Lipinski definition) is 4. The molecule has 0 spiro atoms. The van der Waals surface area contributed by atoms with E-state index in [0.29, 0.717) is 11.1 Å². The molecular weight excluding hydrogens is 1130 g/mol. The average Bonchev–Trinajstić information content (AvgIpc) is 1.15. The lowest BCUT2D eigenvalue weighted by Gasteiger charge is -2.45. The van der Waals surface area contributed by atoms with Crippen molar-refractivity contribution >= 4 is 101 Å². The van der Waals surface area contributed by atoms with Crippen molar-refractivity contribution in [1.29, 1.82) is 10.5 Å². The summed E-state index contributed by atoms with van der Waals surface area (Å²) in [5.41, 5.74) is 27.5. The van der Waals surface area contributed by atoms with Crippen molar-refractivity contribution in [3.63, 3.8) is 0 Å². The quantitative estimate of drug-likeness (QED) is 0.135. The van der Waals surface area contributed by atoms with Gasteiger partial charge >= 0.3 is 0 Å². The van der Waals surface area contributed by atoms with E-state index in [1.165, 1.54) is 27.0 Å². The number of para-hydroxylation sites is 4. The van der Waals surface area contributed by atoms with Crippen LogP contribution in [-0.4, -0.2) is 15.8 Å². The Labute approximate surface area is 538 Å². The summed E-state index contributed by atoms with van der Waals surface area (Å²) in [7, 11) is 0. The molecule has 0 amide bonds. The zero-order valence-corrected chi connectivity index (χ0v) is 50.4. The largest absolute Gasteiger partial charge is 0.311 e. The van der Waals surface area contributed by atoms with Crippen molar-refractivity contribution in [1.82, 2.24) is 9.13 Å². The van der Waals surface area contributed by atoms with Crippen LogP contribution in [0.1, 0.15) is 11.1 Å². The van der Waals surface area contributed by atoms with Crippen LogP contribution in [0.2, 0.25) is 0 Å². The summed E-state index contributed by atoms with van der Waals surface area (Å²) >= 11 is 0. The zero-order valence-electron chi connectivity index (χ0n) is 50.4. The number of hydrogen-bond donors (Lipinski definition) is 0. The first-order chi connectivity index (χ1) is 46.1. The number of benzene rings is 14. The predicted molar refractivity (Wildman–Crippen MR) is 386 cm³/mol. The second kappa shape index (κ2) is 21.5. The smallest absolute Gasteiger partial charge is 0.252 e. The first-order valence-electron chi connectivity index (χ1n) is 31.5. The minimum Gasteiger partial charge on any atom is -0.311 e. The standard InChI is InChI=1S/C86H53BN6/c88-54-61-28-10-12-30-66(61)59-40-46-80(72(48-59)57-24-6-2-7-25-57)92-82-52-64(90-76-36-18-14-32-68(76)69-33-15-19-37-77(69)90)42-44-74(82)87-75-45-43-65(91-78-38-20-16-34-70(78)71-35-17-21-39-79(71)91)53-83(75)93(85-51-63(50-84(92)86(85)87)56-22-4-1-5-23-56)81-47-41-60(67-31-13-11-29-62(67)55-89)49-73(81)58-26-8-3-9-27-58/h1-53H. The van der Waals surface area contributed by atoms with Crippen LogP contribution in [0, 0.1) is 22.7 Å². The van der Waals surface area contributed by atoms with E-state index < -0.39 is 0 Å². The van der Waals surface area contributed by atoms with E-state index in [4.69, 9.17) is 0 Å². The molecule has 18 rings (SSSR count). The summed E-state index contributed by atoms with van der Waals surface area (Å²) in [6.07, 6.45) is 0. The topological polar surface area (TPSA) is 63.9 Å². The van der Waals surface area contributed by atoms with E-state index in [-0.39, 0.29) is 6.71 Å². The molecule has 0 saturated heterocycles. The second-order valence-corrected chi connectivity index (χ2v) is 24.1. The van der Waals surface area contributed by atoms with Gasteiger partial charge < -0.3 is 18.9 Å². The Kier molecular flexibility index (Phi) is 12.4. The normalized spacial score (nSPS) is 12.2. The Hall–Kier alpha value is -12.7. The summed E-state index contributed by atoms with van der Waals surface area (Å²) in [6.45, 7) is -0.263. The molecule has 0 atom stereocenters. The van der Waals surface area contributed by atoms with Gasteiger partial charge in [0.2, 0.25) is 0 Å². The summed E-state index contributed by atoms with van der Waals surface area (Å²) in [4.78, 5) is 5.10. The molecule has 0 bridgehead atoms. The molecule has 14 aromatic carbocycles. The van der Waals surface area contributed by atoms with E-state index in [9.17, 15) is 10.5 Å². The van der Waals surface area contributed by atoms with E-state index in [0.717, 1.165) is 134 Å². The van der Waals surface area contributed by atoms with Gasteiger partial charge in [-0.05, 0) is 158 Å². The van der Waals surface area contributed by atoms with Crippen molar-refractivity contribution in [3.05, 3.63) is 333 Å². The maximum absolute atomic E-state index is 10.6. The highest BCUT2D eigenvalue weighted by molar-refractivity contribution is 7.00. The second-order valence-electron chi connectivity index (χ2n) is 24.1. The molecule has 0 radical (unpaired) electrons. The third kappa shape index (κ3) is 8.42. The molecule has 0 saturated carbocycles. The molecule has 7 heteroatoms. The third-order valence-corrected chi connectivity index (χ3v) is 19.2. The number of fused-ring (bicyclic) bond motifs is 10. The molecule has 16 aromatic rings. The molecule has 0 N–H and O–H groups in total. The maximum Gasteiger partial charge on any atom is 0.252 e. The van der Waals surface area contributed by atoms with Gasteiger partial charge in [-0.2, -0.15) is 10.5 Å². The SMILES string of the molecule is N#Cc1ccccc1-c1ccc(N2c3cc(-n4c5ccccc5c5ccccc54)ccc3B3c4ccc(-n5c6ccccc6c6ccccc65)cc4N(c4ccc(-c5ccccc5C#N)cc4-c4ccccc4)c4cc(-c5ccccc5)cc2c43)c(-c2ccccc2)c1. The number of rotatable bonds is 9. The van der Waals surface area contributed by atoms with Crippen LogP contribution in [-0.2, 0) is 0 Å². The van der Waals surface area contributed by atoms with Crippen molar-refractivity contribution in [3.8, 4) is 79.1 Å². The summed E-state index contributed by atoms with van der Waals surface area (Å²) in [5, 5.41) is 26.0. The van der Waals surface area contributed by atoms with E-state index in [2.05, 4.69) is 316 Å². The van der Waals surface area contributed by atoms with Crippen molar-refractivity contribution in [2.75, 3.05) is 9.80 Å². The van der Waals surface area contributed by atoms with Gasteiger partial charge in [-0.1, -0.05) is 224 Å². The van der Waals surface area contributed by atoms with Crippen LogP contribution < -0.4 is 26.2 Å². The maximum atomic E-state index is 10.6. The van der Waals surface area contributed by atoms with Crippen LogP contribution >= 0.6 is 0 Å². The molecule has 2 aliphatic rings. The van der Waals surface area contributed by atoms with Gasteiger partial charge in [0.25, 0.3) is 6.71 Å². The molecule has 0 fully saturated rings. The monoisotopic (exact) mass is 1180 g/mol. The van der Waals surface area contributed by atoms with Gasteiger partial charge in [-0.15, -0.1) is 0 Å². The summed E-state index contributed by atoms with van der Waals surface area (Å²) in [5.74, 6) is 0. The predicted octanol–water partition coefficient (Wildman–Crippen LogP) is 20.0.